The van der Waals surface area contributed by atoms with Crippen LogP contribution in [-0.4, -0.2) is 102 Å². The van der Waals surface area contributed by atoms with Gasteiger partial charge in [0, 0.05) is 59.3 Å². The molecule has 4 heterocycles. The summed E-state index contributed by atoms with van der Waals surface area (Å²) in [4.78, 5) is 65.8. The average molecular weight is 851 g/mol. The molecule has 1 aliphatic rings. The van der Waals surface area contributed by atoms with Crippen LogP contribution >= 0.6 is 0 Å². The number of hydrogen-bond acceptors (Lipinski definition) is 15. The summed E-state index contributed by atoms with van der Waals surface area (Å²) in [5.41, 5.74) is 1.07. The van der Waals surface area contributed by atoms with E-state index in [2.05, 4.69) is 15.0 Å². The molecule has 0 saturated heterocycles. The number of oxazole rings is 3. The summed E-state index contributed by atoms with van der Waals surface area (Å²) in [5.74, 6) is -1.47. The second kappa shape index (κ2) is 23.8. The molecule has 6 bridgehead atoms. The predicted molar refractivity (Wildman–Crippen MR) is 224 cm³/mol. The van der Waals surface area contributed by atoms with Crippen LogP contribution in [0.3, 0.4) is 0 Å². The lowest BCUT2D eigenvalue weighted by molar-refractivity contribution is -0.156. The van der Waals surface area contributed by atoms with Gasteiger partial charge in [-0.15, -0.1) is 0 Å². The van der Waals surface area contributed by atoms with Gasteiger partial charge >= 0.3 is 5.97 Å². The smallest absolute Gasteiger partial charge is 0.308 e. The zero-order chi connectivity index (χ0) is 44.6. The van der Waals surface area contributed by atoms with Crippen LogP contribution in [0.4, 0.5) is 0 Å². The normalized spacial score (nSPS) is 23.9. The van der Waals surface area contributed by atoms with E-state index in [0.29, 0.717) is 61.5 Å². The van der Waals surface area contributed by atoms with Gasteiger partial charge in [0.05, 0.1) is 30.7 Å². The Labute approximate surface area is 357 Å². The second-order valence-corrected chi connectivity index (χ2v) is 16.0. The number of cyclic esters (lactones) is 1. The van der Waals surface area contributed by atoms with E-state index in [0.717, 1.165) is 0 Å². The van der Waals surface area contributed by atoms with Gasteiger partial charge in [-0.05, 0) is 49.7 Å². The number of nitrogens with zero attached hydrogens (tertiary/aromatic N) is 4. The second-order valence-electron chi connectivity index (χ2n) is 16.0. The van der Waals surface area contributed by atoms with Crippen LogP contribution < -0.4 is 0 Å². The first-order valence-electron chi connectivity index (χ1n) is 20.8. The number of carbonyl (C=O) groups is 4. The fraction of sp³-hybridized carbons (Fsp3) is 0.578. The summed E-state index contributed by atoms with van der Waals surface area (Å²) in [6.45, 7) is 9.50. The van der Waals surface area contributed by atoms with Gasteiger partial charge in [0.2, 0.25) is 24.1 Å². The number of rotatable bonds is 15. The van der Waals surface area contributed by atoms with Crippen molar-refractivity contribution in [3.8, 4) is 23.2 Å². The van der Waals surface area contributed by atoms with Crippen LogP contribution in [0.1, 0.15) is 97.3 Å². The lowest BCUT2D eigenvalue weighted by atomic mass is 9.85. The van der Waals surface area contributed by atoms with E-state index in [1.54, 1.807) is 40.5 Å². The molecule has 4 rings (SSSR count). The number of aliphatic hydroxyl groups excluding tert-OH is 1. The Morgan fingerprint density at radius 1 is 0.967 bits per heavy atom. The number of aromatic nitrogens is 3. The van der Waals surface area contributed by atoms with Crippen molar-refractivity contribution in [3.63, 3.8) is 0 Å². The number of ether oxygens (including phenoxy) is 4. The number of hydrogen-bond donors (Lipinski definition) is 1. The number of ketones is 2. The standard InChI is InChI=1S/C45H62N4O12/c1-27-13-10-11-16-40-46-34(24-58-40)44-48-35(25-60-44)45-47-33(23-59-45)43(57-9)31(5)36(52)15-12-14-32(51)21-41(54)61-39(27)22-38(55-7)28(2)17-18-37(53)30(4)42(56-8)29(3)19-20-49(6)26-50/h11-12,15-16,19-20,23-32,38-39,42-43,51H,10,13-14,17-18,21-22H2,1-9H3/b15-12+,16-11?,20-19+. The van der Waals surface area contributed by atoms with E-state index in [-0.39, 0.29) is 66.2 Å². The fourth-order valence-corrected chi connectivity index (χ4v) is 7.37. The van der Waals surface area contributed by atoms with E-state index in [4.69, 9.17) is 32.2 Å². The predicted octanol–water partition coefficient (Wildman–Crippen LogP) is 7.21. The van der Waals surface area contributed by atoms with Gasteiger partial charge in [-0.3, -0.25) is 19.2 Å². The maximum atomic E-state index is 13.4. The van der Waals surface area contributed by atoms with E-state index in [9.17, 15) is 24.3 Å². The molecule has 1 N–H and O–H groups in total. The Kier molecular flexibility index (Phi) is 19.0. The molecular weight excluding hydrogens is 789 g/mol. The highest BCUT2D eigenvalue weighted by atomic mass is 16.5. The molecule has 0 radical (unpaired) electrons. The Balaban J connectivity index is 1.49. The molecule has 0 aliphatic carbocycles. The maximum absolute atomic E-state index is 13.4. The van der Waals surface area contributed by atoms with Crippen molar-refractivity contribution in [1.29, 1.82) is 0 Å². The summed E-state index contributed by atoms with van der Waals surface area (Å²) in [5, 5.41) is 10.8. The SMILES string of the molecule is COC(CC1OC(=O)CC(O)C/C=C/C(=O)C(C)C(OC)c2coc(n2)-c2coc(n2)-c2coc(n2)C=CCCC1C)C(C)CCC(=O)C(C)C(OC)C(C)/C=C/N(C)C=O. The summed E-state index contributed by atoms with van der Waals surface area (Å²) in [6.07, 6.45) is 14.0. The average Bonchev–Trinajstić information content (AvgIpc) is 4.04. The monoisotopic (exact) mass is 850 g/mol. The maximum Gasteiger partial charge on any atom is 0.308 e. The van der Waals surface area contributed by atoms with Crippen LogP contribution in [0.2, 0.25) is 0 Å². The number of fused-ring (bicyclic) bond motifs is 8. The minimum atomic E-state index is -1.10. The molecule has 0 aromatic carbocycles. The number of aliphatic hydroxyl groups is 1. The van der Waals surface area contributed by atoms with Crippen molar-refractivity contribution in [1.82, 2.24) is 19.9 Å². The number of methoxy groups -OCH3 is 3. The lowest BCUT2D eigenvalue weighted by Crippen LogP contribution is -2.35. The van der Waals surface area contributed by atoms with Gasteiger partial charge in [0.15, 0.2) is 17.2 Å². The fourth-order valence-electron chi connectivity index (χ4n) is 7.37. The molecule has 16 nitrogen and oxygen atoms in total. The van der Waals surface area contributed by atoms with Crippen molar-refractivity contribution >= 4 is 30.0 Å². The van der Waals surface area contributed by atoms with Gasteiger partial charge in [-0.1, -0.05) is 52.8 Å². The molecule has 10 atom stereocenters. The first-order chi connectivity index (χ1) is 29.2. The molecule has 3 aromatic rings. The van der Waals surface area contributed by atoms with Gasteiger partial charge in [0.25, 0.3) is 0 Å². The first kappa shape index (κ1) is 48.6. The van der Waals surface area contributed by atoms with Gasteiger partial charge < -0.3 is 42.2 Å². The van der Waals surface area contributed by atoms with Crippen LogP contribution in [0.25, 0.3) is 29.2 Å². The van der Waals surface area contributed by atoms with E-state index >= 15 is 0 Å². The summed E-state index contributed by atoms with van der Waals surface area (Å²) in [7, 11) is 6.29. The van der Waals surface area contributed by atoms with Crippen molar-refractivity contribution in [3.05, 3.63) is 60.9 Å². The zero-order valence-corrected chi connectivity index (χ0v) is 36.7. The van der Waals surface area contributed by atoms with Crippen molar-refractivity contribution in [2.24, 2.45) is 29.6 Å². The molecule has 61 heavy (non-hydrogen) atoms. The van der Waals surface area contributed by atoms with Crippen molar-refractivity contribution in [2.45, 2.75) is 110 Å². The van der Waals surface area contributed by atoms with Gasteiger partial charge in [-0.2, -0.15) is 0 Å². The quantitative estimate of drug-likeness (QED) is 0.118. The molecule has 3 aromatic heterocycles. The first-order valence-corrected chi connectivity index (χ1v) is 20.8. The minimum Gasteiger partial charge on any atom is -0.462 e. The molecule has 0 spiro atoms. The van der Waals surface area contributed by atoms with E-state index in [1.807, 2.05) is 39.8 Å². The molecule has 334 valence electrons. The summed E-state index contributed by atoms with van der Waals surface area (Å²) in [6, 6.07) is 0. The Bertz CT molecular complexity index is 1950. The highest BCUT2D eigenvalue weighted by molar-refractivity contribution is 5.92. The van der Waals surface area contributed by atoms with Crippen molar-refractivity contribution in [2.75, 3.05) is 28.4 Å². The highest BCUT2D eigenvalue weighted by Gasteiger charge is 2.32. The van der Waals surface area contributed by atoms with Gasteiger partial charge in [-0.25, -0.2) is 15.0 Å². The van der Waals surface area contributed by atoms with Crippen LogP contribution in [0.5, 0.6) is 0 Å². The molecule has 1 aliphatic heterocycles. The molecule has 0 fully saturated rings. The Hall–Kier alpha value is -5.03. The number of carbonyl (C=O) groups excluding carboxylic acids is 4. The Morgan fingerprint density at radius 3 is 2.38 bits per heavy atom. The van der Waals surface area contributed by atoms with E-state index in [1.165, 1.54) is 43.0 Å². The molecular formula is C45H62N4O12. The number of allylic oxidation sites excluding steroid dienone is 2. The zero-order valence-electron chi connectivity index (χ0n) is 36.7. The molecule has 1 amide bonds. The lowest BCUT2D eigenvalue weighted by Gasteiger charge is -2.31. The third-order valence-corrected chi connectivity index (χ3v) is 11.3. The number of esters is 1. The van der Waals surface area contributed by atoms with Gasteiger partial charge in [0.1, 0.15) is 42.5 Å². The topological polar surface area (TPSA) is 207 Å². The third kappa shape index (κ3) is 14.0. The number of Topliss-reactive ketones (excluding diaryl/α,β-unsaturated/α-hetero) is 1. The third-order valence-electron chi connectivity index (χ3n) is 11.3. The molecule has 0 saturated carbocycles. The van der Waals surface area contributed by atoms with Crippen LogP contribution in [0.15, 0.2) is 62.5 Å². The summed E-state index contributed by atoms with van der Waals surface area (Å²) >= 11 is 0. The molecule has 16 heteroatoms. The van der Waals surface area contributed by atoms with E-state index < -0.39 is 36.1 Å². The van der Waals surface area contributed by atoms with Crippen LogP contribution in [0, 0.1) is 29.6 Å². The van der Waals surface area contributed by atoms with Crippen LogP contribution in [-0.2, 0) is 38.1 Å². The summed E-state index contributed by atoms with van der Waals surface area (Å²) < 4.78 is 40.3. The molecule has 10 unspecified atom stereocenters. The highest BCUT2D eigenvalue weighted by Crippen LogP contribution is 2.31. The number of amides is 1. The largest absolute Gasteiger partial charge is 0.462 e. The minimum absolute atomic E-state index is 0.0418. The van der Waals surface area contributed by atoms with Crippen molar-refractivity contribution < 1.29 is 56.5 Å². The Morgan fingerprint density at radius 2 is 1.67 bits per heavy atom.